The van der Waals surface area contributed by atoms with Gasteiger partial charge in [0.15, 0.2) is 0 Å². The fourth-order valence-corrected chi connectivity index (χ4v) is 2.71. The molecule has 2 aromatic rings. The third-order valence-electron chi connectivity index (χ3n) is 2.04. The maximum atomic E-state index is 10.5. The van der Waals surface area contributed by atoms with E-state index >= 15 is 0 Å². The Kier molecular flexibility index (Phi) is 3.49. The van der Waals surface area contributed by atoms with Crippen molar-refractivity contribution in [2.24, 2.45) is 5.73 Å². The predicted octanol–water partition coefficient (Wildman–Crippen LogP) is 2.66. The number of ether oxygens (including phenoxy) is 2. The van der Waals surface area contributed by atoms with Crippen molar-refractivity contribution in [2.75, 3.05) is 7.11 Å². The number of thiazole rings is 1. The van der Waals surface area contributed by atoms with E-state index in [4.69, 9.17) is 10.5 Å². The molecule has 1 aromatic heterocycles. The molecule has 0 bridgehead atoms. The first-order valence-electron chi connectivity index (χ1n) is 4.65. The van der Waals surface area contributed by atoms with Crippen LogP contribution < -0.4 is 10.5 Å². The minimum atomic E-state index is -0.803. The van der Waals surface area contributed by atoms with Crippen LogP contribution in [0.4, 0.5) is 4.79 Å². The van der Waals surface area contributed by atoms with Crippen LogP contribution in [0.1, 0.15) is 5.01 Å². The van der Waals surface area contributed by atoms with E-state index < -0.39 is 6.09 Å². The summed E-state index contributed by atoms with van der Waals surface area (Å²) in [5.41, 5.74) is 5.72. The molecule has 0 aliphatic heterocycles. The quantitative estimate of drug-likeness (QED) is 0.944. The van der Waals surface area contributed by atoms with Gasteiger partial charge >= 0.3 is 6.09 Å². The van der Waals surface area contributed by atoms with E-state index in [2.05, 4.69) is 25.7 Å². The number of amides is 1. The summed E-state index contributed by atoms with van der Waals surface area (Å²) < 4.78 is 11.7. The number of hydrogen-bond acceptors (Lipinski definition) is 5. The number of rotatable bonds is 3. The first kappa shape index (κ1) is 12.1. The number of fused-ring (bicyclic) bond motifs is 1. The van der Waals surface area contributed by atoms with Crippen molar-refractivity contribution in [2.45, 2.75) is 6.61 Å². The van der Waals surface area contributed by atoms with Crippen LogP contribution in [0, 0.1) is 0 Å². The Labute approximate surface area is 110 Å². The van der Waals surface area contributed by atoms with Gasteiger partial charge in [0.2, 0.25) is 0 Å². The lowest BCUT2D eigenvalue weighted by Crippen LogP contribution is -2.12. The number of nitrogens with two attached hydrogens (primary N) is 1. The van der Waals surface area contributed by atoms with E-state index in [-0.39, 0.29) is 6.61 Å². The van der Waals surface area contributed by atoms with Gasteiger partial charge in [-0.2, -0.15) is 0 Å². The molecule has 2 N–H and O–H groups in total. The summed E-state index contributed by atoms with van der Waals surface area (Å²) in [6.45, 7) is 0.0919. The van der Waals surface area contributed by atoms with Crippen molar-refractivity contribution in [3.8, 4) is 5.75 Å². The normalized spacial score (nSPS) is 10.5. The summed E-state index contributed by atoms with van der Waals surface area (Å²) in [7, 11) is 1.60. The van der Waals surface area contributed by atoms with Crippen LogP contribution in [0.3, 0.4) is 0 Å². The zero-order valence-corrected chi connectivity index (χ0v) is 11.3. The molecule has 0 saturated heterocycles. The molecule has 90 valence electrons. The van der Waals surface area contributed by atoms with Gasteiger partial charge in [-0.1, -0.05) is 0 Å². The molecule has 1 aromatic carbocycles. The minimum Gasteiger partial charge on any atom is -0.496 e. The number of hydrogen-bond donors (Lipinski definition) is 1. The maximum Gasteiger partial charge on any atom is 0.404 e. The number of nitrogens with zero attached hydrogens (tertiary/aromatic N) is 1. The molecule has 0 spiro atoms. The number of methoxy groups -OCH3 is 1. The lowest BCUT2D eigenvalue weighted by Gasteiger charge is -2.01. The highest BCUT2D eigenvalue weighted by atomic mass is 79.9. The third-order valence-corrected chi connectivity index (χ3v) is 3.66. The molecule has 17 heavy (non-hydrogen) atoms. The smallest absolute Gasteiger partial charge is 0.404 e. The monoisotopic (exact) mass is 316 g/mol. The fraction of sp³-hybridized carbons (Fsp3) is 0.200. The highest BCUT2D eigenvalue weighted by Crippen LogP contribution is 2.33. The molecule has 2 rings (SSSR count). The number of carbonyl (C=O) groups excluding carboxylic acids is 1. The van der Waals surface area contributed by atoms with E-state index in [1.54, 1.807) is 7.11 Å². The van der Waals surface area contributed by atoms with Gasteiger partial charge in [-0.3, -0.25) is 0 Å². The van der Waals surface area contributed by atoms with Crippen LogP contribution in [-0.4, -0.2) is 18.2 Å². The van der Waals surface area contributed by atoms with Gasteiger partial charge in [-0.15, -0.1) is 11.3 Å². The lowest BCUT2D eigenvalue weighted by atomic mass is 10.3. The average molecular weight is 317 g/mol. The minimum absolute atomic E-state index is 0.0919. The van der Waals surface area contributed by atoms with Crippen LogP contribution in [-0.2, 0) is 11.3 Å². The highest BCUT2D eigenvalue weighted by Gasteiger charge is 2.09. The Morgan fingerprint density at radius 3 is 3.00 bits per heavy atom. The van der Waals surface area contributed by atoms with Crippen molar-refractivity contribution >= 4 is 43.6 Å². The van der Waals surface area contributed by atoms with Gasteiger partial charge in [0.25, 0.3) is 0 Å². The molecule has 0 unspecified atom stereocenters. The van der Waals surface area contributed by atoms with Crippen LogP contribution >= 0.6 is 27.3 Å². The topological polar surface area (TPSA) is 74.4 Å². The van der Waals surface area contributed by atoms with Crippen molar-refractivity contribution in [3.63, 3.8) is 0 Å². The molecule has 0 fully saturated rings. The number of primary amides is 1. The van der Waals surface area contributed by atoms with Crippen molar-refractivity contribution in [1.82, 2.24) is 4.98 Å². The summed E-state index contributed by atoms with van der Waals surface area (Å²) >= 11 is 4.82. The second kappa shape index (κ2) is 4.89. The number of benzene rings is 1. The molecule has 5 nitrogen and oxygen atoms in total. The van der Waals surface area contributed by atoms with Crippen LogP contribution in [0.25, 0.3) is 10.2 Å². The van der Waals surface area contributed by atoms with E-state index in [0.717, 1.165) is 20.4 Å². The molecule has 0 aliphatic rings. The van der Waals surface area contributed by atoms with Crippen molar-refractivity contribution in [3.05, 3.63) is 21.6 Å². The molecular formula is C10H9BrN2O3S. The molecule has 0 radical (unpaired) electrons. The van der Waals surface area contributed by atoms with E-state index in [1.807, 2.05) is 12.1 Å². The summed E-state index contributed by atoms with van der Waals surface area (Å²) in [6.07, 6.45) is -0.803. The largest absolute Gasteiger partial charge is 0.496 e. The van der Waals surface area contributed by atoms with Gasteiger partial charge in [0.1, 0.15) is 17.4 Å². The Hall–Kier alpha value is -1.34. The van der Waals surface area contributed by atoms with Gasteiger partial charge in [-0.25, -0.2) is 9.78 Å². The number of halogens is 1. The van der Waals surface area contributed by atoms with E-state index in [9.17, 15) is 4.79 Å². The average Bonchev–Trinajstić information content (AvgIpc) is 2.67. The predicted molar refractivity (Wildman–Crippen MR) is 68.2 cm³/mol. The summed E-state index contributed by atoms with van der Waals surface area (Å²) in [5.74, 6) is 0.739. The van der Waals surface area contributed by atoms with Crippen LogP contribution in [0.5, 0.6) is 5.75 Å². The van der Waals surface area contributed by atoms with Gasteiger partial charge < -0.3 is 15.2 Å². The fourth-order valence-electron chi connectivity index (χ4n) is 1.33. The molecule has 1 amide bonds. The molecule has 0 aliphatic carbocycles. The molecule has 0 atom stereocenters. The molecule has 0 saturated carbocycles. The zero-order valence-electron chi connectivity index (χ0n) is 8.90. The third kappa shape index (κ3) is 2.67. The SMILES string of the molecule is COc1cc2sc(COC(N)=O)nc2cc1Br. The summed E-state index contributed by atoms with van der Waals surface area (Å²) in [5, 5.41) is 0.693. The van der Waals surface area contributed by atoms with Gasteiger partial charge in [-0.05, 0) is 22.0 Å². The zero-order chi connectivity index (χ0) is 12.4. The summed E-state index contributed by atoms with van der Waals surface area (Å²) in [4.78, 5) is 14.8. The first-order chi connectivity index (χ1) is 8.10. The van der Waals surface area contributed by atoms with E-state index in [0.29, 0.717) is 5.01 Å². The first-order valence-corrected chi connectivity index (χ1v) is 6.26. The Bertz CT molecular complexity index is 570. The van der Waals surface area contributed by atoms with E-state index in [1.165, 1.54) is 11.3 Å². The standard InChI is InChI=1S/C10H9BrN2O3S/c1-15-7-3-8-6(2-5(7)11)13-9(17-8)4-16-10(12)14/h2-3H,4H2,1H3,(H2,12,14). The van der Waals surface area contributed by atoms with Crippen molar-refractivity contribution in [1.29, 1.82) is 0 Å². The Morgan fingerprint density at radius 2 is 2.35 bits per heavy atom. The van der Waals surface area contributed by atoms with Gasteiger partial charge in [0.05, 0.1) is 21.8 Å². The summed E-state index contributed by atoms with van der Waals surface area (Å²) in [6, 6.07) is 3.74. The van der Waals surface area contributed by atoms with Gasteiger partial charge in [0, 0.05) is 6.07 Å². The Morgan fingerprint density at radius 1 is 1.59 bits per heavy atom. The second-order valence-corrected chi connectivity index (χ2v) is 5.14. The van der Waals surface area contributed by atoms with Crippen LogP contribution in [0.2, 0.25) is 0 Å². The molecule has 1 heterocycles. The number of carbonyl (C=O) groups is 1. The maximum absolute atomic E-state index is 10.5. The number of aromatic nitrogens is 1. The molecular weight excluding hydrogens is 308 g/mol. The lowest BCUT2D eigenvalue weighted by molar-refractivity contribution is 0.150. The second-order valence-electron chi connectivity index (χ2n) is 3.17. The van der Waals surface area contributed by atoms with Crippen LogP contribution in [0.15, 0.2) is 16.6 Å². The highest BCUT2D eigenvalue weighted by molar-refractivity contribution is 9.10. The van der Waals surface area contributed by atoms with Crippen molar-refractivity contribution < 1.29 is 14.3 Å². The molecule has 7 heteroatoms. The Balaban J connectivity index is 2.33.